The van der Waals surface area contributed by atoms with E-state index < -0.39 is 0 Å². The van der Waals surface area contributed by atoms with Crippen molar-refractivity contribution in [1.82, 2.24) is 19.4 Å². The van der Waals surface area contributed by atoms with Crippen LogP contribution in [0.15, 0.2) is 66.6 Å². The summed E-state index contributed by atoms with van der Waals surface area (Å²) in [6.07, 6.45) is 5.38. The molecule has 0 bridgehead atoms. The van der Waals surface area contributed by atoms with Crippen LogP contribution in [0.2, 0.25) is 0 Å². The van der Waals surface area contributed by atoms with Gasteiger partial charge in [-0.25, -0.2) is 4.98 Å². The van der Waals surface area contributed by atoms with Crippen molar-refractivity contribution in [2.75, 3.05) is 6.54 Å². The second-order valence-electron chi connectivity index (χ2n) is 5.83. The maximum absolute atomic E-state index is 12.7. The van der Waals surface area contributed by atoms with Crippen LogP contribution in [0.5, 0.6) is 0 Å². The fraction of sp³-hybridized carbons (Fsp3) is 0.158. The molecule has 3 heterocycles. The first kappa shape index (κ1) is 15.7. The Morgan fingerprint density at radius 2 is 2.08 bits per heavy atom. The van der Waals surface area contributed by atoms with Crippen molar-refractivity contribution >= 4 is 27.5 Å². The molecule has 0 aliphatic carbocycles. The number of aromatic nitrogens is 3. The largest absolute Gasteiger partial charge is 0.349 e. The number of nitrogens with one attached hydrogen (secondary N) is 1. The first-order chi connectivity index (χ1) is 12.3. The Labute approximate surface area is 149 Å². The number of fused-ring (bicyclic) bond motifs is 1. The van der Waals surface area contributed by atoms with Gasteiger partial charge in [-0.1, -0.05) is 30.3 Å². The van der Waals surface area contributed by atoms with Gasteiger partial charge in [0.05, 0.1) is 16.5 Å². The van der Waals surface area contributed by atoms with Gasteiger partial charge in [-0.3, -0.25) is 4.79 Å². The summed E-state index contributed by atoms with van der Waals surface area (Å²) in [5.41, 5.74) is 2.99. The minimum atomic E-state index is -0.0422. The zero-order valence-corrected chi connectivity index (χ0v) is 14.4. The number of hydrogen-bond acceptors (Lipinski definition) is 3. The van der Waals surface area contributed by atoms with Gasteiger partial charge < -0.3 is 14.5 Å². The average molecular weight is 350 g/mol. The molecule has 3 aromatic heterocycles. The number of carbonyl (C=O) groups excluding carboxylic acids is 1. The van der Waals surface area contributed by atoms with E-state index >= 15 is 0 Å². The molecule has 1 amide bonds. The van der Waals surface area contributed by atoms with Crippen LogP contribution in [0.4, 0.5) is 0 Å². The Hall–Kier alpha value is -2.86. The topological polar surface area (TPSA) is 51.9 Å². The molecule has 6 heteroatoms. The average Bonchev–Trinajstić information content (AvgIpc) is 3.35. The van der Waals surface area contributed by atoms with E-state index in [2.05, 4.69) is 38.4 Å². The van der Waals surface area contributed by atoms with Crippen LogP contribution in [-0.2, 0) is 13.1 Å². The van der Waals surface area contributed by atoms with Gasteiger partial charge in [0.2, 0.25) is 0 Å². The molecular formula is C19H18N4OS. The number of carbonyl (C=O) groups is 1. The van der Waals surface area contributed by atoms with Gasteiger partial charge >= 0.3 is 0 Å². The Morgan fingerprint density at radius 3 is 2.88 bits per heavy atom. The molecule has 0 saturated carbocycles. The first-order valence-electron chi connectivity index (χ1n) is 8.16. The number of benzene rings is 1. The van der Waals surface area contributed by atoms with Gasteiger partial charge in [0.1, 0.15) is 5.69 Å². The molecule has 0 spiro atoms. The molecule has 0 saturated heterocycles. The molecule has 0 aliphatic heterocycles. The summed E-state index contributed by atoms with van der Waals surface area (Å²) in [4.78, 5) is 16.7. The molecule has 0 fully saturated rings. The molecular weight excluding hydrogens is 332 g/mol. The lowest BCUT2D eigenvalue weighted by atomic mass is 10.2. The molecule has 1 N–H and O–H groups in total. The summed E-state index contributed by atoms with van der Waals surface area (Å²) in [5.74, 6) is -0.0422. The van der Waals surface area contributed by atoms with Crippen LogP contribution < -0.4 is 5.32 Å². The Bertz CT molecular complexity index is 970. The summed E-state index contributed by atoms with van der Waals surface area (Å²) >= 11 is 1.66. The maximum Gasteiger partial charge on any atom is 0.268 e. The van der Waals surface area contributed by atoms with Crippen LogP contribution in [0.3, 0.4) is 0 Å². The van der Waals surface area contributed by atoms with E-state index in [1.165, 1.54) is 5.56 Å². The van der Waals surface area contributed by atoms with Gasteiger partial charge in [0, 0.05) is 32.0 Å². The van der Waals surface area contributed by atoms with E-state index in [1.54, 1.807) is 23.9 Å². The van der Waals surface area contributed by atoms with Gasteiger partial charge in [-0.05, 0) is 23.1 Å². The molecule has 0 aliphatic rings. The highest BCUT2D eigenvalue weighted by atomic mass is 32.1. The number of thiophene rings is 1. The third-order valence-electron chi connectivity index (χ3n) is 4.15. The normalized spacial score (nSPS) is 11.0. The summed E-state index contributed by atoms with van der Waals surface area (Å²) in [6.45, 7) is 1.96. The fourth-order valence-corrected chi connectivity index (χ4v) is 3.73. The molecule has 4 rings (SSSR count). The smallest absolute Gasteiger partial charge is 0.268 e. The van der Waals surface area contributed by atoms with E-state index in [-0.39, 0.29) is 5.91 Å². The van der Waals surface area contributed by atoms with E-state index in [0.717, 1.165) is 10.2 Å². The quantitative estimate of drug-likeness (QED) is 0.580. The standard InChI is InChI=1S/C19H18N4OS/c24-19(21-8-10-22-9-7-20-14-22)17-12-18-16(6-11-25-18)23(17)13-15-4-2-1-3-5-15/h1-7,9,11-12,14H,8,10,13H2,(H,21,24). The lowest BCUT2D eigenvalue weighted by Crippen LogP contribution is -2.29. The number of hydrogen-bond donors (Lipinski definition) is 1. The molecule has 126 valence electrons. The summed E-state index contributed by atoms with van der Waals surface area (Å²) in [5, 5.41) is 5.07. The van der Waals surface area contributed by atoms with E-state index in [1.807, 2.05) is 35.0 Å². The van der Waals surface area contributed by atoms with Crippen LogP contribution in [0.25, 0.3) is 10.2 Å². The van der Waals surface area contributed by atoms with Gasteiger partial charge in [0.15, 0.2) is 0 Å². The lowest BCUT2D eigenvalue weighted by Gasteiger charge is -2.11. The molecule has 1 aromatic carbocycles. The van der Waals surface area contributed by atoms with Crippen molar-refractivity contribution in [2.24, 2.45) is 0 Å². The minimum Gasteiger partial charge on any atom is -0.349 e. The minimum absolute atomic E-state index is 0.0422. The van der Waals surface area contributed by atoms with Gasteiger partial charge in [-0.2, -0.15) is 0 Å². The SMILES string of the molecule is O=C(NCCn1ccnc1)c1cc2sccc2n1Cc1ccccc1. The number of nitrogens with zero attached hydrogens (tertiary/aromatic N) is 3. The van der Waals surface area contributed by atoms with Crippen LogP contribution in [0.1, 0.15) is 16.1 Å². The van der Waals surface area contributed by atoms with Crippen molar-refractivity contribution < 1.29 is 4.79 Å². The van der Waals surface area contributed by atoms with Crippen LogP contribution in [0, 0.1) is 0 Å². The van der Waals surface area contributed by atoms with E-state index in [0.29, 0.717) is 25.3 Å². The molecule has 0 radical (unpaired) electrons. The van der Waals surface area contributed by atoms with Gasteiger partial charge in [-0.15, -0.1) is 11.3 Å². The Morgan fingerprint density at radius 1 is 1.20 bits per heavy atom. The molecule has 5 nitrogen and oxygen atoms in total. The number of rotatable bonds is 6. The van der Waals surface area contributed by atoms with E-state index in [9.17, 15) is 4.79 Å². The Kier molecular flexibility index (Phi) is 4.35. The van der Waals surface area contributed by atoms with Crippen molar-refractivity contribution in [2.45, 2.75) is 13.1 Å². The predicted octanol–water partition coefficient (Wildman–Crippen LogP) is 3.38. The Balaban J connectivity index is 1.54. The monoisotopic (exact) mass is 350 g/mol. The predicted molar refractivity (Wildman–Crippen MR) is 99.9 cm³/mol. The second kappa shape index (κ2) is 6.94. The molecule has 0 atom stereocenters. The second-order valence-corrected chi connectivity index (χ2v) is 6.78. The number of amides is 1. The lowest BCUT2D eigenvalue weighted by molar-refractivity contribution is 0.0944. The summed E-state index contributed by atoms with van der Waals surface area (Å²) in [6, 6.07) is 14.3. The third-order valence-corrected chi connectivity index (χ3v) is 5.01. The van der Waals surface area contributed by atoms with Crippen LogP contribution >= 0.6 is 11.3 Å². The third kappa shape index (κ3) is 3.34. The van der Waals surface area contributed by atoms with E-state index in [4.69, 9.17) is 0 Å². The highest BCUT2D eigenvalue weighted by Crippen LogP contribution is 2.26. The summed E-state index contributed by atoms with van der Waals surface area (Å²) < 4.78 is 5.17. The zero-order chi connectivity index (χ0) is 17.1. The van der Waals surface area contributed by atoms with Crippen molar-refractivity contribution in [3.63, 3.8) is 0 Å². The maximum atomic E-state index is 12.7. The van der Waals surface area contributed by atoms with Gasteiger partial charge in [0.25, 0.3) is 5.91 Å². The number of imidazole rings is 1. The van der Waals surface area contributed by atoms with Crippen molar-refractivity contribution in [3.8, 4) is 0 Å². The summed E-state index contributed by atoms with van der Waals surface area (Å²) in [7, 11) is 0. The van der Waals surface area contributed by atoms with Crippen molar-refractivity contribution in [3.05, 3.63) is 77.8 Å². The molecule has 25 heavy (non-hydrogen) atoms. The molecule has 0 unspecified atom stereocenters. The van der Waals surface area contributed by atoms with Crippen molar-refractivity contribution in [1.29, 1.82) is 0 Å². The van der Waals surface area contributed by atoms with Crippen LogP contribution in [-0.4, -0.2) is 26.6 Å². The highest BCUT2D eigenvalue weighted by Gasteiger charge is 2.16. The fourth-order valence-electron chi connectivity index (χ4n) is 2.91. The molecule has 4 aromatic rings. The zero-order valence-electron chi connectivity index (χ0n) is 13.6. The first-order valence-corrected chi connectivity index (χ1v) is 9.04. The highest BCUT2D eigenvalue weighted by molar-refractivity contribution is 7.17.